The maximum atomic E-state index is 12.8. The fraction of sp³-hybridized carbons (Fsp3) is 0.333. The predicted molar refractivity (Wildman–Crippen MR) is 115 cm³/mol. The number of para-hydroxylation sites is 1. The molecule has 0 aliphatic carbocycles. The Morgan fingerprint density at radius 2 is 1.67 bits per heavy atom. The van der Waals surface area contributed by atoms with Crippen molar-refractivity contribution in [3.63, 3.8) is 0 Å². The summed E-state index contributed by atoms with van der Waals surface area (Å²) in [4.78, 5) is 25.4. The van der Waals surface area contributed by atoms with Crippen molar-refractivity contribution in [1.82, 2.24) is 9.21 Å². The molecule has 2 rings (SSSR count). The van der Waals surface area contributed by atoms with Gasteiger partial charge in [0, 0.05) is 32.3 Å². The Labute approximate surface area is 177 Å². The summed E-state index contributed by atoms with van der Waals surface area (Å²) < 4.78 is 32.0. The molecule has 0 fully saturated rings. The van der Waals surface area contributed by atoms with Gasteiger partial charge >= 0.3 is 0 Å². The van der Waals surface area contributed by atoms with E-state index in [1.54, 1.807) is 14.2 Å². The van der Waals surface area contributed by atoms with Crippen LogP contribution < -0.4 is 10.1 Å². The standard InChI is InChI=1S/C21H27N3O5S/c1-15(19-8-6-7-9-20(19)29-5)24(4)21(26)14-23(3)30(27,28)18-12-10-17(11-13-18)22-16(2)25/h6-13,15H,14H2,1-5H3,(H,22,25). The van der Waals surface area contributed by atoms with E-state index in [2.05, 4.69) is 5.32 Å². The van der Waals surface area contributed by atoms with Gasteiger partial charge in [0.05, 0.1) is 24.6 Å². The zero-order chi connectivity index (χ0) is 22.5. The molecule has 1 N–H and O–H groups in total. The maximum Gasteiger partial charge on any atom is 0.243 e. The van der Waals surface area contributed by atoms with Gasteiger partial charge in [0.25, 0.3) is 0 Å². The Morgan fingerprint density at radius 3 is 2.23 bits per heavy atom. The summed E-state index contributed by atoms with van der Waals surface area (Å²) >= 11 is 0. The molecule has 0 heterocycles. The number of likely N-dealkylation sites (N-methyl/N-ethyl adjacent to an activating group) is 2. The fourth-order valence-electron chi connectivity index (χ4n) is 2.92. The highest BCUT2D eigenvalue weighted by atomic mass is 32.2. The van der Waals surface area contributed by atoms with E-state index in [1.807, 2.05) is 31.2 Å². The van der Waals surface area contributed by atoms with E-state index in [1.165, 1.54) is 43.1 Å². The Bertz CT molecular complexity index is 1010. The Balaban J connectivity index is 2.12. The molecule has 0 aliphatic rings. The van der Waals surface area contributed by atoms with E-state index < -0.39 is 10.0 Å². The second kappa shape index (κ2) is 9.73. The van der Waals surface area contributed by atoms with Gasteiger partial charge in [-0.05, 0) is 37.3 Å². The van der Waals surface area contributed by atoms with Crippen LogP contribution in [0.2, 0.25) is 0 Å². The van der Waals surface area contributed by atoms with Crippen molar-refractivity contribution in [1.29, 1.82) is 0 Å². The van der Waals surface area contributed by atoms with Crippen LogP contribution >= 0.6 is 0 Å². The molecule has 162 valence electrons. The van der Waals surface area contributed by atoms with Gasteiger partial charge in [-0.1, -0.05) is 18.2 Å². The van der Waals surface area contributed by atoms with Gasteiger partial charge in [0.2, 0.25) is 21.8 Å². The molecular weight excluding hydrogens is 406 g/mol. The van der Waals surface area contributed by atoms with Crippen LogP contribution in [0, 0.1) is 0 Å². The highest BCUT2D eigenvalue weighted by molar-refractivity contribution is 7.89. The number of hydrogen-bond acceptors (Lipinski definition) is 5. The zero-order valence-electron chi connectivity index (χ0n) is 17.7. The number of methoxy groups -OCH3 is 1. The van der Waals surface area contributed by atoms with Gasteiger partial charge in [-0.2, -0.15) is 4.31 Å². The molecule has 0 saturated heterocycles. The monoisotopic (exact) mass is 433 g/mol. The minimum absolute atomic E-state index is 0.0346. The molecule has 0 aliphatic heterocycles. The molecule has 0 saturated carbocycles. The van der Waals surface area contributed by atoms with Crippen molar-refractivity contribution in [2.45, 2.75) is 24.8 Å². The summed E-state index contributed by atoms with van der Waals surface area (Å²) in [7, 11) is 0.678. The van der Waals surface area contributed by atoms with E-state index in [-0.39, 0.29) is 29.3 Å². The Hall–Kier alpha value is -2.91. The number of anilines is 1. The summed E-state index contributed by atoms with van der Waals surface area (Å²) in [6.45, 7) is 2.91. The number of carbonyl (C=O) groups excluding carboxylic acids is 2. The molecule has 9 heteroatoms. The van der Waals surface area contributed by atoms with E-state index in [0.29, 0.717) is 11.4 Å². The van der Waals surface area contributed by atoms with Crippen LogP contribution in [0.1, 0.15) is 25.5 Å². The summed E-state index contributed by atoms with van der Waals surface area (Å²) in [6, 6.07) is 12.9. The van der Waals surface area contributed by atoms with Gasteiger partial charge in [-0.15, -0.1) is 0 Å². The van der Waals surface area contributed by atoms with Crippen LogP contribution in [0.4, 0.5) is 5.69 Å². The summed E-state index contributed by atoms with van der Waals surface area (Å²) in [5.41, 5.74) is 1.32. The number of nitrogens with zero attached hydrogens (tertiary/aromatic N) is 2. The van der Waals surface area contributed by atoms with Crippen LogP contribution in [0.25, 0.3) is 0 Å². The first-order valence-electron chi connectivity index (χ1n) is 9.30. The molecular formula is C21H27N3O5S. The van der Waals surface area contributed by atoms with Crippen molar-refractivity contribution < 1.29 is 22.7 Å². The molecule has 2 aromatic rings. The third kappa shape index (κ3) is 5.37. The lowest BCUT2D eigenvalue weighted by atomic mass is 10.1. The molecule has 1 unspecified atom stereocenters. The molecule has 0 aromatic heterocycles. The molecule has 2 aromatic carbocycles. The third-order valence-electron chi connectivity index (χ3n) is 4.80. The lowest BCUT2D eigenvalue weighted by Crippen LogP contribution is -2.40. The van der Waals surface area contributed by atoms with Gasteiger partial charge in [0.1, 0.15) is 5.75 Å². The van der Waals surface area contributed by atoms with Crippen LogP contribution in [-0.4, -0.2) is 57.2 Å². The first-order valence-corrected chi connectivity index (χ1v) is 10.7. The van der Waals surface area contributed by atoms with E-state index >= 15 is 0 Å². The fourth-order valence-corrected chi connectivity index (χ4v) is 4.04. The van der Waals surface area contributed by atoms with E-state index in [9.17, 15) is 18.0 Å². The van der Waals surface area contributed by atoms with Crippen LogP contribution in [0.15, 0.2) is 53.4 Å². The number of benzene rings is 2. The SMILES string of the molecule is COc1ccccc1C(C)N(C)C(=O)CN(C)S(=O)(=O)c1ccc(NC(C)=O)cc1. The second-order valence-corrected chi connectivity index (χ2v) is 8.93. The largest absolute Gasteiger partial charge is 0.496 e. The van der Waals surface area contributed by atoms with E-state index in [4.69, 9.17) is 4.74 Å². The van der Waals surface area contributed by atoms with Gasteiger partial charge in [0.15, 0.2) is 0 Å². The molecule has 1 atom stereocenters. The lowest BCUT2D eigenvalue weighted by molar-refractivity contribution is -0.131. The maximum absolute atomic E-state index is 12.8. The van der Waals surface area contributed by atoms with E-state index in [0.717, 1.165) is 9.87 Å². The average molecular weight is 434 g/mol. The van der Waals surface area contributed by atoms with Crippen LogP contribution in [-0.2, 0) is 19.6 Å². The quantitative estimate of drug-likeness (QED) is 0.690. The molecule has 0 spiro atoms. The zero-order valence-corrected chi connectivity index (χ0v) is 18.6. The number of hydrogen-bond donors (Lipinski definition) is 1. The number of sulfonamides is 1. The van der Waals surface area contributed by atoms with Crippen molar-refractivity contribution >= 4 is 27.5 Å². The van der Waals surface area contributed by atoms with Gasteiger partial charge in [-0.25, -0.2) is 8.42 Å². The van der Waals surface area contributed by atoms with Crippen LogP contribution in [0.3, 0.4) is 0 Å². The lowest BCUT2D eigenvalue weighted by Gasteiger charge is -2.28. The minimum Gasteiger partial charge on any atom is -0.496 e. The van der Waals surface area contributed by atoms with Gasteiger partial charge < -0.3 is 15.0 Å². The summed E-state index contributed by atoms with van der Waals surface area (Å²) in [5.74, 6) is 0.0553. The summed E-state index contributed by atoms with van der Waals surface area (Å²) in [5, 5.41) is 2.58. The highest BCUT2D eigenvalue weighted by Gasteiger charge is 2.27. The smallest absolute Gasteiger partial charge is 0.243 e. The number of carbonyl (C=O) groups is 2. The first-order chi connectivity index (χ1) is 14.1. The topological polar surface area (TPSA) is 96.0 Å². The van der Waals surface area contributed by atoms with Crippen LogP contribution in [0.5, 0.6) is 5.75 Å². The number of rotatable bonds is 8. The third-order valence-corrected chi connectivity index (χ3v) is 6.62. The van der Waals surface area contributed by atoms with Crippen molar-refractivity contribution in [2.24, 2.45) is 0 Å². The first kappa shape index (κ1) is 23.4. The predicted octanol–water partition coefficient (Wildman–Crippen LogP) is 2.49. The molecule has 30 heavy (non-hydrogen) atoms. The van der Waals surface area contributed by atoms with Crippen molar-refractivity contribution in [2.75, 3.05) is 33.1 Å². The highest BCUT2D eigenvalue weighted by Crippen LogP contribution is 2.28. The Morgan fingerprint density at radius 1 is 1.07 bits per heavy atom. The molecule has 2 amide bonds. The normalized spacial score (nSPS) is 12.3. The van der Waals surface area contributed by atoms with Gasteiger partial charge in [-0.3, -0.25) is 9.59 Å². The van der Waals surface area contributed by atoms with Crippen molar-refractivity contribution in [3.05, 3.63) is 54.1 Å². The number of ether oxygens (including phenoxy) is 1. The second-order valence-electron chi connectivity index (χ2n) is 6.89. The Kier molecular flexibility index (Phi) is 7.58. The number of nitrogens with one attached hydrogen (secondary N) is 1. The molecule has 8 nitrogen and oxygen atoms in total. The van der Waals surface area contributed by atoms with Crippen molar-refractivity contribution in [3.8, 4) is 5.75 Å². The molecule has 0 bridgehead atoms. The average Bonchev–Trinajstić information content (AvgIpc) is 2.72. The molecule has 0 radical (unpaired) electrons. The minimum atomic E-state index is -3.87. The summed E-state index contributed by atoms with van der Waals surface area (Å²) in [6.07, 6.45) is 0. The number of amides is 2.